The summed E-state index contributed by atoms with van der Waals surface area (Å²) >= 11 is 6.09. The van der Waals surface area contributed by atoms with Crippen LogP contribution in [0.2, 0.25) is 5.02 Å². The second-order valence-corrected chi connectivity index (χ2v) is 11.3. The molecule has 0 bridgehead atoms. The lowest BCUT2D eigenvalue weighted by molar-refractivity contribution is -0.192. The van der Waals surface area contributed by atoms with Crippen molar-refractivity contribution < 1.29 is 32.7 Å². The number of rotatable bonds is 2. The molecular weight excluding hydrogens is 511 g/mol. The van der Waals surface area contributed by atoms with E-state index in [1.165, 1.54) is 0 Å². The Balaban J connectivity index is 0.000000405. The predicted octanol–water partition coefficient (Wildman–Crippen LogP) is 4.16. The van der Waals surface area contributed by atoms with Crippen molar-refractivity contribution in [2.45, 2.75) is 44.7 Å². The molecule has 0 unspecified atom stereocenters. The van der Waals surface area contributed by atoms with E-state index in [-0.39, 0.29) is 16.7 Å². The van der Waals surface area contributed by atoms with Crippen molar-refractivity contribution in [1.82, 2.24) is 14.7 Å². The number of alkyl halides is 3. The van der Waals surface area contributed by atoms with Crippen LogP contribution in [0.15, 0.2) is 24.3 Å². The number of carboxylic acid groups (broad SMARTS) is 1. The van der Waals surface area contributed by atoms with Crippen molar-refractivity contribution >= 4 is 29.4 Å². The monoisotopic (exact) mass is 543 g/mol. The minimum atomic E-state index is -5.08. The van der Waals surface area contributed by atoms with Crippen LogP contribution in [0.3, 0.4) is 0 Å². The van der Waals surface area contributed by atoms with Crippen LogP contribution in [0, 0.1) is 16.7 Å². The van der Waals surface area contributed by atoms with Crippen molar-refractivity contribution in [2.75, 3.05) is 46.3 Å². The molecule has 4 aliphatic rings. The molecule has 1 saturated carbocycles. The van der Waals surface area contributed by atoms with Crippen LogP contribution < -0.4 is 0 Å². The number of carbonyl (C=O) groups excluding carboxylic acids is 2. The smallest absolute Gasteiger partial charge is 0.475 e. The van der Waals surface area contributed by atoms with E-state index in [1.807, 2.05) is 17.0 Å². The molecule has 37 heavy (non-hydrogen) atoms. The fourth-order valence-corrected chi connectivity index (χ4v) is 7.13. The van der Waals surface area contributed by atoms with Gasteiger partial charge in [0.25, 0.3) is 5.91 Å². The van der Waals surface area contributed by atoms with Crippen LogP contribution >= 0.6 is 11.6 Å². The Morgan fingerprint density at radius 1 is 1.00 bits per heavy atom. The molecule has 3 saturated heterocycles. The zero-order valence-electron chi connectivity index (χ0n) is 20.9. The van der Waals surface area contributed by atoms with Gasteiger partial charge in [-0.05, 0) is 75.1 Å². The number of aliphatic carboxylic acids is 1. The van der Waals surface area contributed by atoms with E-state index < -0.39 is 12.1 Å². The lowest BCUT2D eigenvalue weighted by Crippen LogP contribution is -2.50. The summed E-state index contributed by atoms with van der Waals surface area (Å²) in [6.07, 6.45) is 1.37. The van der Waals surface area contributed by atoms with Gasteiger partial charge in [0.1, 0.15) is 0 Å². The summed E-state index contributed by atoms with van der Waals surface area (Å²) in [6, 6.07) is 7.25. The van der Waals surface area contributed by atoms with Crippen LogP contribution in [0.5, 0.6) is 0 Å². The third kappa shape index (κ3) is 5.46. The fraction of sp³-hybridized carbons (Fsp3) is 0.654. The van der Waals surface area contributed by atoms with Crippen molar-refractivity contribution in [1.29, 1.82) is 0 Å². The van der Waals surface area contributed by atoms with Gasteiger partial charge in [-0.2, -0.15) is 13.2 Å². The number of benzene rings is 1. The summed E-state index contributed by atoms with van der Waals surface area (Å²) in [5.41, 5.74) is 0.674. The molecule has 3 heterocycles. The summed E-state index contributed by atoms with van der Waals surface area (Å²) in [6.45, 7) is 5.35. The lowest BCUT2D eigenvalue weighted by atomic mass is 9.65. The van der Waals surface area contributed by atoms with E-state index in [2.05, 4.69) is 16.8 Å². The number of nitrogens with zero attached hydrogens (tertiary/aromatic N) is 3. The maximum absolute atomic E-state index is 13.6. The molecule has 1 aliphatic carbocycles. The summed E-state index contributed by atoms with van der Waals surface area (Å²) in [5.74, 6) is -1.84. The normalized spacial score (nSPS) is 27.1. The molecule has 2 amide bonds. The molecule has 11 heteroatoms. The number of carboxylic acids is 1. The highest BCUT2D eigenvalue weighted by molar-refractivity contribution is 6.30. The van der Waals surface area contributed by atoms with Crippen molar-refractivity contribution in [3.05, 3.63) is 34.9 Å². The van der Waals surface area contributed by atoms with Crippen molar-refractivity contribution in [3.8, 4) is 0 Å². The maximum atomic E-state index is 13.6. The SMILES string of the molecule is CN1C[C@H]2C3(CCN(C(=O)c4cccc(Cl)c4)CC3)CC[C@@]2(C(=O)N2CCCC2)C1.O=C(O)C(F)(F)F. The molecule has 0 radical (unpaired) electrons. The van der Waals surface area contributed by atoms with Gasteiger partial charge in [-0.1, -0.05) is 17.7 Å². The average molecular weight is 544 g/mol. The first-order chi connectivity index (χ1) is 17.4. The molecule has 0 aromatic heterocycles. The Hall–Kier alpha value is -2.33. The standard InChI is InChI=1S/C24H32ClN3O2.C2HF3O2/c1-26-16-20-23(7-8-24(20,17-26)22(30)28-11-2-3-12-28)9-13-27(14-10-23)21(29)18-5-4-6-19(25)15-18;3-2(4,5)1(6)7/h4-6,15,20H,2-3,7-14,16-17H2,1H3;(H,6,7)/t20-,24+;/m0./s1. The number of carbonyl (C=O) groups is 3. The first-order valence-electron chi connectivity index (χ1n) is 12.7. The van der Waals surface area contributed by atoms with Crippen LogP contribution in [-0.2, 0) is 9.59 Å². The number of hydrogen-bond acceptors (Lipinski definition) is 4. The lowest BCUT2D eigenvalue weighted by Gasteiger charge is -2.45. The van der Waals surface area contributed by atoms with Gasteiger partial charge in [-0.3, -0.25) is 9.59 Å². The fourth-order valence-electron chi connectivity index (χ4n) is 6.94. The molecule has 1 N–H and O–H groups in total. The first kappa shape index (κ1) is 27.7. The molecule has 4 fully saturated rings. The summed E-state index contributed by atoms with van der Waals surface area (Å²) in [7, 11) is 2.17. The van der Waals surface area contributed by atoms with Crippen LogP contribution in [0.25, 0.3) is 0 Å². The molecular formula is C26H33ClF3N3O4. The highest BCUT2D eigenvalue weighted by atomic mass is 35.5. The molecule has 7 nitrogen and oxygen atoms in total. The average Bonchev–Trinajstić information content (AvgIpc) is 3.56. The van der Waals surface area contributed by atoms with E-state index in [0.717, 1.165) is 77.8 Å². The largest absolute Gasteiger partial charge is 0.490 e. The number of fused-ring (bicyclic) bond motifs is 2. The third-order valence-electron chi connectivity index (χ3n) is 8.70. The number of hydrogen-bond donors (Lipinski definition) is 1. The Labute approximate surface area is 219 Å². The van der Waals surface area contributed by atoms with Crippen LogP contribution in [0.4, 0.5) is 13.2 Å². The van der Waals surface area contributed by atoms with E-state index in [4.69, 9.17) is 21.5 Å². The summed E-state index contributed by atoms with van der Waals surface area (Å²) in [5, 5.41) is 7.73. The molecule has 1 aromatic rings. The van der Waals surface area contributed by atoms with Crippen molar-refractivity contribution in [3.63, 3.8) is 0 Å². The zero-order valence-corrected chi connectivity index (χ0v) is 21.7. The highest BCUT2D eigenvalue weighted by Gasteiger charge is 2.64. The molecule has 3 aliphatic heterocycles. The van der Waals surface area contributed by atoms with E-state index in [0.29, 0.717) is 22.4 Å². The minimum Gasteiger partial charge on any atom is -0.475 e. The first-order valence-corrected chi connectivity index (χ1v) is 13.1. The van der Waals surface area contributed by atoms with Crippen molar-refractivity contribution in [2.24, 2.45) is 16.7 Å². The Kier molecular flexibility index (Phi) is 7.82. The predicted molar refractivity (Wildman–Crippen MR) is 131 cm³/mol. The minimum absolute atomic E-state index is 0.0771. The Morgan fingerprint density at radius 3 is 2.19 bits per heavy atom. The second-order valence-electron chi connectivity index (χ2n) is 10.9. The number of amides is 2. The maximum Gasteiger partial charge on any atom is 0.490 e. The quantitative estimate of drug-likeness (QED) is 0.606. The zero-order chi connectivity index (χ0) is 27.0. The molecule has 204 valence electrons. The number of likely N-dealkylation sites (tertiary alicyclic amines) is 3. The van der Waals surface area contributed by atoms with E-state index >= 15 is 0 Å². The molecule has 1 aromatic carbocycles. The third-order valence-corrected chi connectivity index (χ3v) is 8.94. The van der Waals surface area contributed by atoms with Gasteiger partial charge < -0.3 is 19.8 Å². The highest BCUT2D eigenvalue weighted by Crippen LogP contribution is 2.62. The topological polar surface area (TPSA) is 81.2 Å². The number of piperidine rings is 1. The Bertz CT molecular complexity index is 1040. The van der Waals surface area contributed by atoms with Gasteiger partial charge in [0.2, 0.25) is 5.91 Å². The van der Waals surface area contributed by atoms with Gasteiger partial charge >= 0.3 is 12.1 Å². The van der Waals surface area contributed by atoms with E-state index in [9.17, 15) is 22.8 Å². The molecule has 1 spiro atoms. The van der Waals surface area contributed by atoms with Gasteiger partial charge in [0, 0.05) is 49.9 Å². The van der Waals surface area contributed by atoms with Gasteiger partial charge in [-0.25, -0.2) is 4.79 Å². The molecule has 2 atom stereocenters. The van der Waals surface area contributed by atoms with E-state index in [1.54, 1.807) is 12.1 Å². The number of halogens is 4. The Morgan fingerprint density at radius 2 is 1.62 bits per heavy atom. The summed E-state index contributed by atoms with van der Waals surface area (Å²) in [4.78, 5) is 42.0. The van der Waals surface area contributed by atoms with Gasteiger partial charge in [0.15, 0.2) is 0 Å². The van der Waals surface area contributed by atoms with Gasteiger partial charge in [-0.15, -0.1) is 0 Å². The van der Waals surface area contributed by atoms with Crippen LogP contribution in [-0.4, -0.2) is 90.1 Å². The summed E-state index contributed by atoms with van der Waals surface area (Å²) < 4.78 is 31.7. The molecule has 5 rings (SSSR count). The van der Waals surface area contributed by atoms with Crippen LogP contribution in [0.1, 0.15) is 48.9 Å². The van der Waals surface area contributed by atoms with Gasteiger partial charge in [0.05, 0.1) is 5.41 Å². The second kappa shape index (κ2) is 10.4.